The Bertz CT molecular complexity index is 611. The Hall–Kier alpha value is -1.91. The molecule has 2 aromatic rings. The van der Waals surface area contributed by atoms with Gasteiger partial charge in [-0.15, -0.1) is 0 Å². The molecule has 2 rings (SSSR count). The number of carbonyl (C=O) groups excluding carboxylic acids is 1. The van der Waals surface area contributed by atoms with Crippen molar-refractivity contribution in [1.29, 1.82) is 0 Å². The van der Waals surface area contributed by atoms with E-state index in [1.54, 1.807) is 0 Å². The van der Waals surface area contributed by atoms with Crippen molar-refractivity contribution in [2.45, 2.75) is 38.7 Å². The molecule has 0 aliphatic heterocycles. The molecule has 0 bridgehead atoms. The van der Waals surface area contributed by atoms with Gasteiger partial charge < -0.3 is 10.2 Å². The van der Waals surface area contributed by atoms with Crippen LogP contribution in [0.15, 0.2) is 60.7 Å². The van der Waals surface area contributed by atoms with Crippen LogP contribution >= 0.6 is 0 Å². The summed E-state index contributed by atoms with van der Waals surface area (Å²) in [5.74, 6) is -0.277. The molecule has 24 heavy (non-hydrogen) atoms. The van der Waals surface area contributed by atoms with E-state index in [1.807, 2.05) is 12.1 Å². The standard InChI is InChI=1S/C20H27NO2Si/c1-20(2,3)24(17-11-6-4-7-12-17,18-13-8-5-9-14-18)23-16-10-15-19(21)22/h4-9,11-14H,10,15-16H2,1-3H3,(H2,21,22). The molecule has 0 saturated heterocycles. The molecule has 4 heteroatoms. The van der Waals surface area contributed by atoms with Gasteiger partial charge in [0, 0.05) is 13.0 Å². The first-order chi connectivity index (χ1) is 11.4. The Morgan fingerprint density at radius 3 is 1.79 bits per heavy atom. The number of hydrogen-bond acceptors (Lipinski definition) is 2. The number of hydrogen-bond donors (Lipinski definition) is 1. The molecule has 128 valence electrons. The summed E-state index contributed by atoms with van der Waals surface area (Å²) in [4.78, 5) is 11.0. The lowest BCUT2D eigenvalue weighted by atomic mass is 10.2. The average Bonchev–Trinajstić information content (AvgIpc) is 2.55. The SMILES string of the molecule is CC(C)(C)[Si](OCCCC(N)=O)(c1ccccc1)c1ccccc1. The molecule has 0 spiro atoms. The smallest absolute Gasteiger partial charge is 0.261 e. The van der Waals surface area contributed by atoms with Crippen LogP contribution in [0.2, 0.25) is 5.04 Å². The van der Waals surface area contributed by atoms with Crippen molar-refractivity contribution < 1.29 is 9.22 Å². The van der Waals surface area contributed by atoms with Crippen LogP contribution in [0.1, 0.15) is 33.6 Å². The quantitative estimate of drug-likeness (QED) is 0.622. The van der Waals surface area contributed by atoms with Crippen LogP contribution in [-0.2, 0) is 9.22 Å². The molecule has 0 aromatic heterocycles. The van der Waals surface area contributed by atoms with Gasteiger partial charge in [-0.05, 0) is 21.8 Å². The molecule has 1 amide bonds. The molecule has 0 radical (unpaired) electrons. The molecular weight excluding hydrogens is 314 g/mol. The summed E-state index contributed by atoms with van der Waals surface area (Å²) in [6.45, 7) is 7.27. The van der Waals surface area contributed by atoms with E-state index in [-0.39, 0.29) is 10.9 Å². The Labute approximate surface area is 146 Å². The lowest BCUT2D eigenvalue weighted by Crippen LogP contribution is -2.66. The van der Waals surface area contributed by atoms with Gasteiger partial charge in [0.25, 0.3) is 8.32 Å². The molecular formula is C20H27NO2Si. The summed E-state index contributed by atoms with van der Waals surface area (Å²) in [5, 5.41) is 2.47. The minimum Gasteiger partial charge on any atom is -0.407 e. The Morgan fingerprint density at radius 1 is 0.958 bits per heavy atom. The van der Waals surface area contributed by atoms with Gasteiger partial charge in [0.1, 0.15) is 0 Å². The minimum absolute atomic E-state index is 0.0393. The molecule has 2 aromatic carbocycles. The molecule has 3 nitrogen and oxygen atoms in total. The highest BCUT2D eigenvalue weighted by Gasteiger charge is 2.49. The van der Waals surface area contributed by atoms with Gasteiger partial charge in [-0.25, -0.2) is 0 Å². The zero-order chi connectivity index (χ0) is 17.6. The van der Waals surface area contributed by atoms with Crippen molar-refractivity contribution in [1.82, 2.24) is 0 Å². The molecule has 2 N–H and O–H groups in total. The highest BCUT2D eigenvalue weighted by atomic mass is 28.4. The predicted molar refractivity (Wildman–Crippen MR) is 102 cm³/mol. The summed E-state index contributed by atoms with van der Waals surface area (Å²) in [5.41, 5.74) is 5.27. The Balaban J connectivity index is 2.47. The second-order valence-corrected chi connectivity index (χ2v) is 11.4. The largest absolute Gasteiger partial charge is 0.407 e. The summed E-state index contributed by atoms with van der Waals surface area (Å²) in [6.07, 6.45) is 1.01. The fourth-order valence-corrected chi connectivity index (χ4v) is 7.84. The van der Waals surface area contributed by atoms with Crippen molar-refractivity contribution in [3.05, 3.63) is 60.7 Å². The van der Waals surface area contributed by atoms with E-state index in [4.69, 9.17) is 10.2 Å². The van der Waals surface area contributed by atoms with Crippen LogP contribution < -0.4 is 16.1 Å². The highest BCUT2D eigenvalue weighted by molar-refractivity contribution is 6.99. The van der Waals surface area contributed by atoms with E-state index in [0.29, 0.717) is 19.4 Å². The second kappa shape index (κ2) is 7.77. The third-order valence-electron chi connectivity index (χ3n) is 4.30. The van der Waals surface area contributed by atoms with Crippen molar-refractivity contribution in [2.24, 2.45) is 5.73 Å². The van der Waals surface area contributed by atoms with E-state index in [1.165, 1.54) is 10.4 Å². The Morgan fingerprint density at radius 2 is 1.42 bits per heavy atom. The van der Waals surface area contributed by atoms with Crippen molar-refractivity contribution in [2.75, 3.05) is 6.61 Å². The van der Waals surface area contributed by atoms with E-state index < -0.39 is 8.32 Å². The first-order valence-corrected chi connectivity index (χ1v) is 10.3. The molecule has 0 heterocycles. The lowest BCUT2D eigenvalue weighted by Gasteiger charge is -2.43. The zero-order valence-corrected chi connectivity index (χ0v) is 15.8. The molecule has 0 aliphatic rings. The van der Waals surface area contributed by atoms with Crippen LogP contribution in [0.4, 0.5) is 0 Å². The van der Waals surface area contributed by atoms with Crippen LogP contribution in [0.3, 0.4) is 0 Å². The number of rotatable bonds is 7. The fraction of sp³-hybridized carbons (Fsp3) is 0.350. The van der Waals surface area contributed by atoms with Crippen molar-refractivity contribution in [3.63, 3.8) is 0 Å². The second-order valence-electron chi connectivity index (χ2n) is 7.08. The molecule has 0 unspecified atom stereocenters. The number of nitrogens with two attached hydrogens (primary N) is 1. The van der Waals surface area contributed by atoms with E-state index in [0.717, 1.165) is 0 Å². The van der Waals surface area contributed by atoms with E-state index in [2.05, 4.69) is 69.3 Å². The van der Waals surface area contributed by atoms with Gasteiger partial charge in [-0.2, -0.15) is 0 Å². The van der Waals surface area contributed by atoms with Gasteiger partial charge in [0.2, 0.25) is 5.91 Å². The van der Waals surface area contributed by atoms with Gasteiger partial charge in [-0.3, -0.25) is 4.79 Å². The van der Waals surface area contributed by atoms with Crippen LogP contribution in [0, 0.1) is 0 Å². The number of primary amides is 1. The number of carbonyl (C=O) groups is 1. The maximum Gasteiger partial charge on any atom is 0.261 e. The first kappa shape index (κ1) is 18.4. The normalized spacial score (nSPS) is 12.1. The van der Waals surface area contributed by atoms with Crippen LogP contribution in [0.5, 0.6) is 0 Å². The lowest BCUT2D eigenvalue weighted by molar-refractivity contribution is -0.118. The highest BCUT2D eigenvalue weighted by Crippen LogP contribution is 2.36. The van der Waals surface area contributed by atoms with Crippen molar-refractivity contribution in [3.8, 4) is 0 Å². The van der Waals surface area contributed by atoms with Crippen LogP contribution in [-0.4, -0.2) is 20.8 Å². The maximum atomic E-state index is 11.0. The number of benzene rings is 2. The third-order valence-corrected chi connectivity index (χ3v) is 9.35. The van der Waals surface area contributed by atoms with Crippen molar-refractivity contribution >= 4 is 24.6 Å². The Kier molecular flexibility index (Phi) is 5.97. The monoisotopic (exact) mass is 341 g/mol. The number of amides is 1. The topological polar surface area (TPSA) is 52.3 Å². The predicted octanol–water partition coefficient (Wildman–Crippen LogP) is 2.83. The van der Waals surface area contributed by atoms with Crippen LogP contribution in [0.25, 0.3) is 0 Å². The molecule has 0 saturated carbocycles. The summed E-state index contributed by atoms with van der Waals surface area (Å²) < 4.78 is 6.65. The zero-order valence-electron chi connectivity index (χ0n) is 14.8. The fourth-order valence-electron chi connectivity index (χ4n) is 3.23. The summed E-state index contributed by atoms with van der Waals surface area (Å²) in [6, 6.07) is 21.0. The maximum absolute atomic E-state index is 11.0. The van der Waals surface area contributed by atoms with E-state index >= 15 is 0 Å². The van der Waals surface area contributed by atoms with Gasteiger partial charge >= 0.3 is 0 Å². The summed E-state index contributed by atoms with van der Waals surface area (Å²) in [7, 11) is -2.47. The first-order valence-electron chi connectivity index (χ1n) is 8.41. The van der Waals surface area contributed by atoms with Gasteiger partial charge in [0.15, 0.2) is 0 Å². The molecule has 0 aliphatic carbocycles. The minimum atomic E-state index is -2.47. The average molecular weight is 342 g/mol. The van der Waals surface area contributed by atoms with Gasteiger partial charge in [0.05, 0.1) is 0 Å². The van der Waals surface area contributed by atoms with Gasteiger partial charge in [-0.1, -0.05) is 81.4 Å². The molecule has 0 fully saturated rings. The summed E-state index contributed by atoms with van der Waals surface area (Å²) >= 11 is 0. The third kappa shape index (κ3) is 3.94. The molecule has 0 atom stereocenters. The van der Waals surface area contributed by atoms with E-state index in [9.17, 15) is 4.79 Å².